The zero-order chi connectivity index (χ0) is 13.7. The molecule has 0 aliphatic carbocycles. The summed E-state index contributed by atoms with van der Waals surface area (Å²) in [5.41, 5.74) is 6.98. The molecule has 104 valence electrons. The summed E-state index contributed by atoms with van der Waals surface area (Å²) in [7, 11) is 1.56. The average molecular weight is 264 g/mol. The summed E-state index contributed by atoms with van der Waals surface area (Å²) in [6, 6.07) is 5.20. The number of hydrogen-bond donors (Lipinski definition) is 2. The topological polar surface area (TPSA) is 73.6 Å². The van der Waals surface area contributed by atoms with Gasteiger partial charge in [0.25, 0.3) is 0 Å². The highest BCUT2D eigenvalue weighted by atomic mass is 16.5. The molecule has 1 aliphatic rings. The van der Waals surface area contributed by atoms with Crippen LogP contribution >= 0.6 is 0 Å². The maximum Gasteiger partial charge on any atom is 0.226 e. The Bertz CT molecular complexity index is 442. The second-order valence-electron chi connectivity index (χ2n) is 4.70. The fourth-order valence-corrected chi connectivity index (χ4v) is 2.20. The second kappa shape index (κ2) is 6.43. The van der Waals surface area contributed by atoms with Crippen LogP contribution in [0.4, 0.5) is 11.4 Å². The highest BCUT2D eigenvalue weighted by molar-refractivity contribution is 5.91. The molecule has 5 nitrogen and oxygen atoms in total. The van der Waals surface area contributed by atoms with Gasteiger partial charge in [-0.15, -0.1) is 0 Å². The van der Waals surface area contributed by atoms with Crippen molar-refractivity contribution in [3.63, 3.8) is 0 Å². The molecule has 1 unspecified atom stereocenters. The van der Waals surface area contributed by atoms with Crippen LogP contribution in [0.3, 0.4) is 0 Å². The SMILES string of the molecule is COc1ccc(NC(=O)CC2CCCCO2)cc1N. The minimum absolute atomic E-state index is 0.0449. The van der Waals surface area contributed by atoms with Crippen molar-refractivity contribution in [2.75, 3.05) is 24.8 Å². The molecule has 1 heterocycles. The van der Waals surface area contributed by atoms with E-state index in [-0.39, 0.29) is 12.0 Å². The summed E-state index contributed by atoms with van der Waals surface area (Å²) in [6.45, 7) is 0.757. The van der Waals surface area contributed by atoms with Gasteiger partial charge in [-0.2, -0.15) is 0 Å². The molecule has 19 heavy (non-hydrogen) atoms. The van der Waals surface area contributed by atoms with Crippen molar-refractivity contribution >= 4 is 17.3 Å². The van der Waals surface area contributed by atoms with E-state index < -0.39 is 0 Å². The van der Waals surface area contributed by atoms with E-state index in [4.69, 9.17) is 15.2 Å². The van der Waals surface area contributed by atoms with Crippen molar-refractivity contribution in [1.29, 1.82) is 0 Å². The van der Waals surface area contributed by atoms with Crippen LogP contribution in [-0.4, -0.2) is 25.7 Å². The second-order valence-corrected chi connectivity index (χ2v) is 4.70. The van der Waals surface area contributed by atoms with Gasteiger partial charge in [0.05, 0.1) is 25.3 Å². The van der Waals surface area contributed by atoms with Crippen molar-refractivity contribution in [3.8, 4) is 5.75 Å². The van der Waals surface area contributed by atoms with Gasteiger partial charge in [0.1, 0.15) is 5.75 Å². The van der Waals surface area contributed by atoms with Gasteiger partial charge in [-0.25, -0.2) is 0 Å². The van der Waals surface area contributed by atoms with Crippen molar-refractivity contribution in [2.24, 2.45) is 0 Å². The third kappa shape index (κ3) is 3.86. The van der Waals surface area contributed by atoms with Crippen molar-refractivity contribution < 1.29 is 14.3 Å². The number of carbonyl (C=O) groups is 1. The minimum atomic E-state index is -0.0449. The normalized spacial score (nSPS) is 18.9. The lowest BCUT2D eigenvalue weighted by Crippen LogP contribution is -2.25. The summed E-state index contributed by atoms with van der Waals surface area (Å²) in [5.74, 6) is 0.560. The van der Waals surface area contributed by atoms with Crippen LogP contribution in [0.1, 0.15) is 25.7 Å². The number of nitrogens with two attached hydrogens (primary N) is 1. The van der Waals surface area contributed by atoms with Gasteiger partial charge >= 0.3 is 0 Å². The molecule has 0 bridgehead atoms. The van der Waals surface area contributed by atoms with Crippen molar-refractivity contribution in [1.82, 2.24) is 0 Å². The van der Waals surface area contributed by atoms with E-state index in [0.29, 0.717) is 23.5 Å². The van der Waals surface area contributed by atoms with Crippen molar-refractivity contribution in [2.45, 2.75) is 31.8 Å². The summed E-state index contributed by atoms with van der Waals surface area (Å²) >= 11 is 0. The van der Waals surface area contributed by atoms with E-state index >= 15 is 0 Å². The summed E-state index contributed by atoms with van der Waals surface area (Å²) in [4.78, 5) is 11.9. The molecule has 2 rings (SSSR count). The van der Waals surface area contributed by atoms with Crippen LogP contribution in [0, 0.1) is 0 Å². The number of nitrogen functional groups attached to an aromatic ring is 1. The van der Waals surface area contributed by atoms with E-state index in [1.54, 1.807) is 25.3 Å². The minimum Gasteiger partial charge on any atom is -0.495 e. The van der Waals surface area contributed by atoms with Crippen LogP contribution in [0.5, 0.6) is 5.75 Å². The lowest BCUT2D eigenvalue weighted by molar-refractivity contribution is -0.119. The Kier molecular flexibility index (Phi) is 4.63. The molecule has 0 aromatic heterocycles. The van der Waals surface area contributed by atoms with Crippen LogP contribution < -0.4 is 15.8 Å². The van der Waals surface area contributed by atoms with E-state index in [9.17, 15) is 4.79 Å². The summed E-state index contributed by atoms with van der Waals surface area (Å²) in [5, 5.41) is 2.83. The molecule has 1 aliphatic heterocycles. The molecular weight excluding hydrogens is 244 g/mol. The monoisotopic (exact) mass is 264 g/mol. The predicted octanol–water partition coefficient (Wildman–Crippen LogP) is 2.18. The highest BCUT2D eigenvalue weighted by Gasteiger charge is 2.17. The van der Waals surface area contributed by atoms with E-state index in [1.165, 1.54) is 0 Å². The first-order valence-corrected chi connectivity index (χ1v) is 6.54. The fourth-order valence-electron chi connectivity index (χ4n) is 2.20. The van der Waals surface area contributed by atoms with Gasteiger partial charge in [0.2, 0.25) is 5.91 Å². The molecule has 0 radical (unpaired) electrons. The summed E-state index contributed by atoms with van der Waals surface area (Å²) in [6.07, 6.45) is 3.62. The molecule has 0 spiro atoms. The van der Waals surface area contributed by atoms with E-state index in [1.807, 2.05) is 0 Å². The lowest BCUT2D eigenvalue weighted by atomic mass is 10.1. The van der Waals surface area contributed by atoms with Crippen LogP contribution in [0.2, 0.25) is 0 Å². The number of anilines is 2. The number of hydrogen-bond acceptors (Lipinski definition) is 4. The molecule has 5 heteroatoms. The highest BCUT2D eigenvalue weighted by Crippen LogP contribution is 2.25. The Morgan fingerprint density at radius 3 is 3.00 bits per heavy atom. The van der Waals surface area contributed by atoms with Crippen LogP contribution in [-0.2, 0) is 9.53 Å². The van der Waals surface area contributed by atoms with Gasteiger partial charge in [-0.1, -0.05) is 0 Å². The standard InChI is InChI=1S/C14H20N2O3/c1-18-13-6-5-10(8-12(13)15)16-14(17)9-11-4-2-3-7-19-11/h5-6,8,11H,2-4,7,9,15H2,1H3,(H,16,17). The third-order valence-electron chi connectivity index (χ3n) is 3.20. The van der Waals surface area contributed by atoms with Gasteiger partial charge in [0.15, 0.2) is 0 Å². The number of methoxy groups -OCH3 is 1. The first kappa shape index (κ1) is 13.7. The van der Waals surface area contributed by atoms with Gasteiger partial charge < -0.3 is 20.5 Å². The molecule has 1 saturated heterocycles. The lowest BCUT2D eigenvalue weighted by Gasteiger charge is -2.22. The Morgan fingerprint density at radius 1 is 1.53 bits per heavy atom. The maximum absolute atomic E-state index is 11.9. The predicted molar refractivity (Wildman–Crippen MR) is 74.2 cm³/mol. The Labute approximate surface area is 113 Å². The van der Waals surface area contributed by atoms with Gasteiger partial charge in [-0.05, 0) is 37.5 Å². The average Bonchev–Trinajstić information content (AvgIpc) is 2.40. The maximum atomic E-state index is 11.9. The molecule has 3 N–H and O–H groups in total. The number of ether oxygens (including phenoxy) is 2. The number of benzene rings is 1. The number of carbonyl (C=O) groups excluding carboxylic acids is 1. The Morgan fingerprint density at radius 2 is 2.37 bits per heavy atom. The number of rotatable bonds is 4. The van der Waals surface area contributed by atoms with E-state index in [0.717, 1.165) is 25.9 Å². The summed E-state index contributed by atoms with van der Waals surface area (Å²) < 4.78 is 10.6. The van der Waals surface area contributed by atoms with E-state index in [2.05, 4.69) is 5.32 Å². The number of amides is 1. The number of nitrogens with one attached hydrogen (secondary N) is 1. The third-order valence-corrected chi connectivity index (χ3v) is 3.20. The molecule has 0 saturated carbocycles. The largest absolute Gasteiger partial charge is 0.495 e. The van der Waals surface area contributed by atoms with Gasteiger partial charge in [0, 0.05) is 12.3 Å². The fraction of sp³-hybridized carbons (Fsp3) is 0.500. The molecular formula is C14H20N2O3. The van der Waals surface area contributed by atoms with Gasteiger partial charge in [-0.3, -0.25) is 4.79 Å². The molecule has 1 aromatic carbocycles. The molecule has 1 aromatic rings. The zero-order valence-corrected chi connectivity index (χ0v) is 11.1. The van der Waals surface area contributed by atoms with Crippen molar-refractivity contribution in [3.05, 3.63) is 18.2 Å². The quantitative estimate of drug-likeness (QED) is 0.817. The van der Waals surface area contributed by atoms with Crippen LogP contribution in [0.15, 0.2) is 18.2 Å². The Balaban J connectivity index is 1.89. The first-order valence-electron chi connectivity index (χ1n) is 6.54. The first-order chi connectivity index (χ1) is 9.19. The molecule has 1 amide bonds. The molecule has 1 fully saturated rings. The molecule has 1 atom stereocenters. The van der Waals surface area contributed by atoms with Crippen LogP contribution in [0.25, 0.3) is 0 Å². The zero-order valence-electron chi connectivity index (χ0n) is 11.1. The smallest absolute Gasteiger partial charge is 0.226 e. The Hall–Kier alpha value is -1.75.